The predicted molar refractivity (Wildman–Crippen MR) is 134 cm³/mol. The molecular weight excluding hydrogens is 512 g/mol. The first kappa shape index (κ1) is 29.5. The molecule has 1 spiro atoms. The first-order valence-corrected chi connectivity index (χ1v) is 13.6. The van der Waals surface area contributed by atoms with Crippen molar-refractivity contribution in [1.29, 1.82) is 0 Å². The predicted octanol–water partition coefficient (Wildman–Crippen LogP) is 1.89. The van der Waals surface area contributed by atoms with Crippen LogP contribution in [-0.2, 0) is 42.9 Å². The van der Waals surface area contributed by atoms with Crippen molar-refractivity contribution in [2.24, 2.45) is 11.3 Å². The number of aliphatic hydroxyl groups is 2. The molecule has 0 aromatic rings. The molecule has 39 heavy (non-hydrogen) atoms. The number of carbonyl (C=O) groups excluding carboxylic acids is 4. The summed E-state index contributed by atoms with van der Waals surface area (Å²) in [6, 6.07) is 0. The Morgan fingerprint density at radius 1 is 1.08 bits per heavy atom. The van der Waals surface area contributed by atoms with Gasteiger partial charge in [0.05, 0.1) is 17.1 Å². The van der Waals surface area contributed by atoms with E-state index < -0.39 is 82.5 Å². The minimum absolute atomic E-state index is 0.145. The number of hydrogen-bond acceptors (Lipinski definition) is 11. The summed E-state index contributed by atoms with van der Waals surface area (Å²) >= 11 is 0. The van der Waals surface area contributed by atoms with Gasteiger partial charge < -0.3 is 33.9 Å². The highest BCUT2D eigenvalue weighted by molar-refractivity contribution is 5.89. The molecule has 2 aliphatic carbocycles. The summed E-state index contributed by atoms with van der Waals surface area (Å²) in [5.74, 6) is -3.70. The number of esters is 4. The second-order valence-electron chi connectivity index (χ2n) is 12.0. The number of allylic oxidation sites excluding steroid dienone is 1. The van der Waals surface area contributed by atoms with Crippen molar-refractivity contribution < 1.29 is 53.1 Å². The van der Waals surface area contributed by atoms with Gasteiger partial charge in [-0.15, -0.1) is 0 Å². The Morgan fingerprint density at radius 2 is 1.72 bits per heavy atom. The van der Waals surface area contributed by atoms with Gasteiger partial charge in [-0.25, -0.2) is 4.79 Å². The van der Waals surface area contributed by atoms with Gasteiger partial charge in [0.25, 0.3) is 0 Å². The minimum atomic E-state index is -1.96. The van der Waals surface area contributed by atoms with E-state index in [1.165, 1.54) is 27.7 Å². The van der Waals surface area contributed by atoms with Crippen molar-refractivity contribution >= 4 is 23.9 Å². The molecule has 2 saturated heterocycles. The van der Waals surface area contributed by atoms with E-state index in [-0.39, 0.29) is 19.3 Å². The number of carbonyl (C=O) groups is 4. The Morgan fingerprint density at radius 3 is 2.28 bits per heavy atom. The van der Waals surface area contributed by atoms with Crippen molar-refractivity contribution in [3.05, 3.63) is 11.6 Å². The molecule has 4 aliphatic rings. The Labute approximate surface area is 228 Å². The van der Waals surface area contributed by atoms with Crippen LogP contribution in [0.4, 0.5) is 0 Å². The smallest absolute Gasteiger partial charge is 0.342 e. The van der Waals surface area contributed by atoms with Gasteiger partial charge in [0.15, 0.2) is 17.3 Å². The normalized spacial score (nSPS) is 44.9. The number of hydrogen-bond donors (Lipinski definition) is 2. The quantitative estimate of drug-likeness (QED) is 0.222. The van der Waals surface area contributed by atoms with Crippen LogP contribution < -0.4 is 0 Å². The number of aliphatic hydroxyl groups excluding tert-OH is 1. The van der Waals surface area contributed by atoms with Crippen molar-refractivity contribution in [3.8, 4) is 0 Å². The van der Waals surface area contributed by atoms with Crippen LogP contribution in [0.15, 0.2) is 11.6 Å². The molecule has 2 N–H and O–H groups in total. The molecule has 0 bridgehead atoms. The van der Waals surface area contributed by atoms with E-state index in [2.05, 4.69) is 0 Å². The molecular formula is C28H40O11. The van der Waals surface area contributed by atoms with E-state index in [1.807, 2.05) is 13.8 Å². The molecule has 10 atom stereocenters. The number of fused-ring (bicyclic) bond motifs is 1. The third-order valence-corrected chi connectivity index (χ3v) is 9.21. The molecule has 11 nitrogen and oxygen atoms in total. The summed E-state index contributed by atoms with van der Waals surface area (Å²) in [5.41, 5.74) is -5.58. The topological polar surface area (TPSA) is 158 Å². The maximum Gasteiger partial charge on any atom is 0.342 e. The average molecular weight is 553 g/mol. The van der Waals surface area contributed by atoms with Gasteiger partial charge in [0, 0.05) is 32.6 Å². The molecule has 3 fully saturated rings. The summed E-state index contributed by atoms with van der Waals surface area (Å²) < 4.78 is 29.6. The zero-order valence-corrected chi connectivity index (χ0v) is 23.6. The SMILES string of the molecule is CCCC(=O)OC1CCC(C)=CC2OC(=O)C3(C)OC23C(OC(C)=O)C2C(C)(O)C(O)CC(OC(C)=O)C12C. The molecule has 0 aromatic carbocycles. The fourth-order valence-corrected chi connectivity index (χ4v) is 7.16. The van der Waals surface area contributed by atoms with Crippen LogP contribution in [0, 0.1) is 11.3 Å². The van der Waals surface area contributed by atoms with E-state index >= 15 is 0 Å². The molecule has 2 aliphatic heterocycles. The van der Waals surface area contributed by atoms with Gasteiger partial charge >= 0.3 is 23.9 Å². The van der Waals surface area contributed by atoms with E-state index in [0.717, 1.165) is 5.57 Å². The van der Waals surface area contributed by atoms with Crippen molar-refractivity contribution in [3.63, 3.8) is 0 Å². The number of ether oxygens (including phenoxy) is 5. The van der Waals surface area contributed by atoms with Crippen LogP contribution in [-0.4, -0.2) is 81.4 Å². The Hall–Kier alpha value is -2.50. The van der Waals surface area contributed by atoms with Gasteiger partial charge in [0.1, 0.15) is 18.3 Å². The van der Waals surface area contributed by atoms with Crippen molar-refractivity contribution in [2.75, 3.05) is 0 Å². The Kier molecular flexibility index (Phi) is 7.45. The first-order valence-electron chi connectivity index (χ1n) is 13.6. The maximum atomic E-state index is 13.0. The molecule has 10 unspecified atom stereocenters. The lowest BCUT2D eigenvalue weighted by Crippen LogP contribution is -2.72. The average Bonchev–Trinajstić information content (AvgIpc) is 3.40. The van der Waals surface area contributed by atoms with Crippen molar-refractivity contribution in [1.82, 2.24) is 0 Å². The maximum absolute atomic E-state index is 13.0. The van der Waals surface area contributed by atoms with Gasteiger partial charge in [-0.3, -0.25) is 14.4 Å². The molecule has 0 amide bonds. The molecule has 4 rings (SSSR count). The summed E-state index contributed by atoms with van der Waals surface area (Å²) in [6.07, 6.45) is -2.77. The van der Waals surface area contributed by atoms with E-state index in [1.54, 1.807) is 13.0 Å². The number of rotatable bonds is 5. The van der Waals surface area contributed by atoms with E-state index in [4.69, 9.17) is 23.7 Å². The lowest BCUT2D eigenvalue weighted by Gasteiger charge is -2.59. The lowest BCUT2D eigenvalue weighted by molar-refractivity contribution is -0.274. The molecule has 2 heterocycles. The third-order valence-electron chi connectivity index (χ3n) is 9.21. The number of epoxide rings is 1. The fraction of sp³-hybridized carbons (Fsp3) is 0.786. The highest BCUT2D eigenvalue weighted by Gasteiger charge is 2.88. The summed E-state index contributed by atoms with van der Waals surface area (Å²) in [4.78, 5) is 50.8. The highest BCUT2D eigenvalue weighted by Crippen LogP contribution is 2.66. The summed E-state index contributed by atoms with van der Waals surface area (Å²) in [5, 5.41) is 23.2. The van der Waals surface area contributed by atoms with Crippen LogP contribution in [0.25, 0.3) is 0 Å². The van der Waals surface area contributed by atoms with Gasteiger partial charge in [-0.05, 0) is 46.1 Å². The monoisotopic (exact) mass is 552 g/mol. The van der Waals surface area contributed by atoms with Crippen LogP contribution in [0.1, 0.15) is 80.6 Å². The van der Waals surface area contributed by atoms with Crippen LogP contribution in [0.5, 0.6) is 0 Å². The van der Waals surface area contributed by atoms with E-state index in [0.29, 0.717) is 12.8 Å². The summed E-state index contributed by atoms with van der Waals surface area (Å²) in [7, 11) is 0. The van der Waals surface area contributed by atoms with E-state index in [9.17, 15) is 29.4 Å². The molecule has 1 saturated carbocycles. The molecule has 11 heteroatoms. The standard InChI is InChI=1S/C28H40O11/c1-8-9-21(32)37-18-11-10-14(2)12-20-28(27(7,39-28)24(33)38-20)23(36-16(4)30)22-25(18,5)19(35-15(3)29)13-17(31)26(22,6)34/h12,17-20,22-23,31,34H,8-11,13H2,1-7H3. The first-order chi connectivity index (χ1) is 18.0. The third kappa shape index (κ3) is 4.46. The van der Waals surface area contributed by atoms with Crippen LogP contribution >= 0.6 is 0 Å². The minimum Gasteiger partial charge on any atom is -0.462 e. The fourth-order valence-electron chi connectivity index (χ4n) is 7.16. The van der Waals surface area contributed by atoms with Crippen LogP contribution in [0.2, 0.25) is 0 Å². The lowest BCUT2D eigenvalue weighted by atomic mass is 9.51. The van der Waals surface area contributed by atoms with Crippen LogP contribution in [0.3, 0.4) is 0 Å². The highest BCUT2D eigenvalue weighted by atomic mass is 16.7. The molecule has 0 aromatic heterocycles. The van der Waals surface area contributed by atoms with Gasteiger partial charge in [-0.2, -0.15) is 0 Å². The Bertz CT molecular complexity index is 1080. The zero-order valence-electron chi connectivity index (χ0n) is 23.6. The van der Waals surface area contributed by atoms with Crippen molar-refractivity contribution in [2.45, 2.75) is 128 Å². The van der Waals surface area contributed by atoms with Gasteiger partial charge in [0.2, 0.25) is 0 Å². The van der Waals surface area contributed by atoms with Gasteiger partial charge in [-0.1, -0.05) is 19.4 Å². The zero-order chi connectivity index (χ0) is 29.1. The second-order valence-corrected chi connectivity index (χ2v) is 12.0. The largest absolute Gasteiger partial charge is 0.462 e. The summed E-state index contributed by atoms with van der Waals surface area (Å²) in [6.45, 7) is 10.7. The molecule has 218 valence electrons. The second kappa shape index (κ2) is 9.85. The Balaban J connectivity index is 2.01. The molecule has 0 radical (unpaired) electrons.